The molecule has 0 atom stereocenters. The third kappa shape index (κ3) is 3.40. The summed E-state index contributed by atoms with van der Waals surface area (Å²) in [6.45, 7) is 8.68. The summed E-state index contributed by atoms with van der Waals surface area (Å²) in [4.78, 5) is 6.57. The Morgan fingerprint density at radius 3 is 2.00 bits per heavy atom. The molecule has 0 saturated heterocycles. The van der Waals surface area contributed by atoms with E-state index in [1.165, 1.54) is 12.3 Å². The van der Waals surface area contributed by atoms with Crippen LogP contribution >= 0.6 is 0 Å². The first kappa shape index (κ1) is 10.5. The average Bonchev–Trinajstić information content (AvgIpc) is 2.05. The lowest BCUT2D eigenvalue weighted by atomic mass is 10.3. The normalized spacial score (nSPS) is 11.8. The summed E-state index contributed by atoms with van der Waals surface area (Å²) in [7, 11) is 1.88. The summed E-state index contributed by atoms with van der Waals surface area (Å²) >= 11 is 0. The van der Waals surface area contributed by atoms with Crippen molar-refractivity contribution in [3.05, 3.63) is 0 Å². The van der Waals surface area contributed by atoms with E-state index in [2.05, 4.69) is 30.7 Å². The number of hydrogen-bond donors (Lipinski definition) is 0. The van der Waals surface area contributed by atoms with Crippen molar-refractivity contribution >= 4 is 5.84 Å². The van der Waals surface area contributed by atoms with Crippen molar-refractivity contribution in [2.24, 2.45) is 4.99 Å². The minimum Gasteiger partial charge on any atom is -0.361 e. The molecule has 66 valence electrons. The van der Waals surface area contributed by atoms with Crippen LogP contribution < -0.4 is 0 Å². The Labute approximate surface area is 70.3 Å². The lowest BCUT2D eigenvalue weighted by molar-refractivity contribution is 0.453. The average molecular weight is 156 g/mol. The van der Waals surface area contributed by atoms with E-state index in [4.69, 9.17) is 0 Å². The largest absolute Gasteiger partial charge is 0.361 e. The third-order valence-electron chi connectivity index (χ3n) is 1.86. The molecule has 0 aromatic rings. The van der Waals surface area contributed by atoms with E-state index in [1.807, 2.05) is 7.05 Å². The Bertz CT molecular complexity index is 115. The topological polar surface area (TPSA) is 15.6 Å². The zero-order valence-corrected chi connectivity index (χ0v) is 8.22. The van der Waals surface area contributed by atoms with E-state index in [0.29, 0.717) is 0 Å². The molecule has 0 rings (SSSR count). The quantitative estimate of drug-likeness (QED) is 0.450. The van der Waals surface area contributed by atoms with Gasteiger partial charge in [0.15, 0.2) is 0 Å². The van der Waals surface area contributed by atoms with E-state index in [-0.39, 0.29) is 0 Å². The van der Waals surface area contributed by atoms with Gasteiger partial charge in [0.2, 0.25) is 0 Å². The highest BCUT2D eigenvalue weighted by atomic mass is 15.2. The molecule has 0 aromatic carbocycles. The Balaban J connectivity index is 3.99. The fourth-order valence-electron chi connectivity index (χ4n) is 1.22. The molecule has 0 amide bonds. The molecular weight excluding hydrogens is 136 g/mol. The van der Waals surface area contributed by atoms with Gasteiger partial charge in [-0.25, -0.2) is 0 Å². The first-order valence-corrected chi connectivity index (χ1v) is 4.50. The summed E-state index contributed by atoms with van der Waals surface area (Å²) in [5.74, 6) is 1.25. The number of hydrogen-bond acceptors (Lipinski definition) is 1. The zero-order valence-electron chi connectivity index (χ0n) is 8.22. The predicted octanol–water partition coefficient (Wildman–Crippen LogP) is 2.16. The molecular formula is C9H20N2. The Morgan fingerprint density at radius 1 is 1.18 bits per heavy atom. The molecule has 0 aromatic heterocycles. The van der Waals surface area contributed by atoms with Crippen LogP contribution in [0, 0.1) is 0 Å². The van der Waals surface area contributed by atoms with Gasteiger partial charge in [-0.3, -0.25) is 4.99 Å². The van der Waals surface area contributed by atoms with Gasteiger partial charge in [0, 0.05) is 26.6 Å². The lowest BCUT2D eigenvalue weighted by Gasteiger charge is -2.22. The minimum absolute atomic E-state index is 1.07. The third-order valence-corrected chi connectivity index (χ3v) is 1.86. The van der Waals surface area contributed by atoms with Crippen LogP contribution in [0.4, 0.5) is 0 Å². The summed E-state index contributed by atoms with van der Waals surface area (Å²) in [6.07, 6.45) is 2.29. The van der Waals surface area contributed by atoms with Crippen molar-refractivity contribution < 1.29 is 0 Å². The highest BCUT2D eigenvalue weighted by molar-refractivity contribution is 5.82. The van der Waals surface area contributed by atoms with Gasteiger partial charge in [-0.2, -0.15) is 0 Å². The van der Waals surface area contributed by atoms with E-state index >= 15 is 0 Å². The molecule has 0 aliphatic rings. The van der Waals surface area contributed by atoms with Crippen LogP contribution in [0.2, 0.25) is 0 Å². The molecule has 0 unspecified atom stereocenters. The van der Waals surface area contributed by atoms with E-state index in [1.54, 1.807) is 0 Å². The zero-order chi connectivity index (χ0) is 8.69. The first-order chi connectivity index (χ1) is 5.29. The maximum atomic E-state index is 4.26. The van der Waals surface area contributed by atoms with E-state index < -0.39 is 0 Å². The van der Waals surface area contributed by atoms with Crippen molar-refractivity contribution in [3.8, 4) is 0 Å². The van der Waals surface area contributed by atoms with Gasteiger partial charge in [-0.05, 0) is 20.3 Å². The summed E-state index contributed by atoms with van der Waals surface area (Å²) < 4.78 is 0. The monoisotopic (exact) mass is 156 g/mol. The van der Waals surface area contributed by atoms with Gasteiger partial charge in [0.25, 0.3) is 0 Å². The predicted molar refractivity (Wildman–Crippen MR) is 51.2 cm³/mol. The minimum atomic E-state index is 1.07. The van der Waals surface area contributed by atoms with Crippen molar-refractivity contribution in [2.75, 3.05) is 20.1 Å². The maximum absolute atomic E-state index is 4.26. The van der Waals surface area contributed by atoms with Crippen LogP contribution in [0.3, 0.4) is 0 Å². The van der Waals surface area contributed by atoms with Gasteiger partial charge >= 0.3 is 0 Å². The summed E-state index contributed by atoms with van der Waals surface area (Å²) in [6, 6.07) is 0. The molecule has 0 heterocycles. The Morgan fingerprint density at radius 2 is 1.73 bits per heavy atom. The van der Waals surface area contributed by atoms with Crippen molar-refractivity contribution in [1.29, 1.82) is 0 Å². The number of nitrogens with zero attached hydrogens (tertiary/aromatic N) is 2. The van der Waals surface area contributed by atoms with E-state index in [0.717, 1.165) is 19.5 Å². The second-order valence-corrected chi connectivity index (χ2v) is 2.56. The standard InChI is InChI=1S/C9H20N2/c1-5-8-9(10-4)11(6-2)7-3/h5-8H2,1-4H3. The van der Waals surface area contributed by atoms with Crippen LogP contribution in [0.5, 0.6) is 0 Å². The van der Waals surface area contributed by atoms with Gasteiger partial charge in [-0.1, -0.05) is 6.92 Å². The second kappa shape index (κ2) is 6.20. The van der Waals surface area contributed by atoms with Crippen molar-refractivity contribution in [2.45, 2.75) is 33.6 Å². The Kier molecular flexibility index (Phi) is 5.90. The number of amidine groups is 1. The molecule has 2 nitrogen and oxygen atoms in total. The van der Waals surface area contributed by atoms with Gasteiger partial charge < -0.3 is 4.90 Å². The van der Waals surface area contributed by atoms with Crippen LogP contribution in [-0.2, 0) is 0 Å². The number of rotatable bonds is 4. The molecule has 11 heavy (non-hydrogen) atoms. The highest BCUT2D eigenvalue weighted by Crippen LogP contribution is 1.98. The SMILES string of the molecule is CCCC(=NC)N(CC)CC. The number of aliphatic imine (C=N–C) groups is 1. The van der Waals surface area contributed by atoms with E-state index in [9.17, 15) is 0 Å². The Hall–Kier alpha value is -0.530. The van der Waals surface area contributed by atoms with Gasteiger partial charge in [0.1, 0.15) is 0 Å². The molecule has 0 aliphatic heterocycles. The molecule has 0 bridgehead atoms. The molecule has 0 aliphatic carbocycles. The first-order valence-electron chi connectivity index (χ1n) is 4.50. The van der Waals surface area contributed by atoms with Gasteiger partial charge in [-0.15, -0.1) is 0 Å². The van der Waals surface area contributed by atoms with Gasteiger partial charge in [0.05, 0.1) is 5.84 Å². The smallest absolute Gasteiger partial charge is 0.0985 e. The van der Waals surface area contributed by atoms with Crippen LogP contribution in [-0.4, -0.2) is 30.9 Å². The molecule has 0 fully saturated rings. The van der Waals surface area contributed by atoms with Crippen LogP contribution in [0.15, 0.2) is 4.99 Å². The summed E-state index contributed by atoms with van der Waals surface area (Å²) in [5.41, 5.74) is 0. The fraction of sp³-hybridized carbons (Fsp3) is 0.889. The maximum Gasteiger partial charge on any atom is 0.0985 e. The highest BCUT2D eigenvalue weighted by Gasteiger charge is 2.03. The summed E-state index contributed by atoms with van der Waals surface area (Å²) in [5, 5.41) is 0. The molecule has 0 spiro atoms. The molecule has 0 N–H and O–H groups in total. The van der Waals surface area contributed by atoms with Crippen LogP contribution in [0.25, 0.3) is 0 Å². The van der Waals surface area contributed by atoms with Crippen molar-refractivity contribution in [3.63, 3.8) is 0 Å². The molecule has 2 heteroatoms. The molecule has 0 radical (unpaired) electrons. The lowest BCUT2D eigenvalue weighted by Crippen LogP contribution is -2.30. The van der Waals surface area contributed by atoms with Crippen molar-refractivity contribution in [1.82, 2.24) is 4.90 Å². The van der Waals surface area contributed by atoms with Crippen LogP contribution in [0.1, 0.15) is 33.6 Å². The second-order valence-electron chi connectivity index (χ2n) is 2.56. The fourth-order valence-corrected chi connectivity index (χ4v) is 1.22. The molecule has 0 saturated carbocycles.